The van der Waals surface area contributed by atoms with Crippen molar-refractivity contribution in [2.24, 2.45) is 0 Å². The molecule has 30 heavy (non-hydrogen) atoms. The molecule has 1 aromatic carbocycles. The van der Waals surface area contributed by atoms with Crippen molar-refractivity contribution in [1.29, 1.82) is 0 Å². The Morgan fingerprint density at radius 2 is 1.93 bits per heavy atom. The van der Waals surface area contributed by atoms with Gasteiger partial charge in [-0.25, -0.2) is 4.98 Å². The standard InChI is InChI=1S/C25H34N4O/c1-5-22-20(4)26-25-28(23-12-11-18(2)15-19(23)3)16-27(17-29(25)24(22)30)14-13-21-9-7-6-8-10-21/h9,11-12,15H,5-8,10,13-14,16-17H2,1-4H3. The molecule has 0 bridgehead atoms. The van der Waals surface area contributed by atoms with Crippen LogP contribution in [0, 0.1) is 20.8 Å². The van der Waals surface area contributed by atoms with Crippen LogP contribution in [0.2, 0.25) is 0 Å². The van der Waals surface area contributed by atoms with E-state index in [2.05, 4.69) is 47.9 Å². The number of aromatic nitrogens is 2. The third-order valence-corrected chi connectivity index (χ3v) is 6.50. The van der Waals surface area contributed by atoms with Crippen LogP contribution in [0.15, 0.2) is 34.6 Å². The molecule has 4 rings (SSSR count). The summed E-state index contributed by atoms with van der Waals surface area (Å²) in [6.45, 7) is 10.6. The highest BCUT2D eigenvalue weighted by atomic mass is 16.1. The van der Waals surface area contributed by atoms with E-state index in [0.717, 1.165) is 42.5 Å². The molecular formula is C25H34N4O. The second kappa shape index (κ2) is 8.76. The fraction of sp³-hybridized carbons (Fsp3) is 0.520. The van der Waals surface area contributed by atoms with E-state index in [1.165, 1.54) is 36.8 Å². The average Bonchev–Trinajstić information content (AvgIpc) is 2.73. The van der Waals surface area contributed by atoms with Crippen molar-refractivity contribution in [3.05, 3.63) is 62.6 Å². The molecule has 1 aromatic heterocycles. The molecule has 0 amide bonds. The molecular weight excluding hydrogens is 372 g/mol. The second-order valence-corrected chi connectivity index (χ2v) is 8.82. The van der Waals surface area contributed by atoms with Crippen molar-refractivity contribution in [2.45, 2.75) is 72.9 Å². The van der Waals surface area contributed by atoms with Gasteiger partial charge < -0.3 is 0 Å². The zero-order chi connectivity index (χ0) is 21.3. The Hall–Kier alpha value is -2.40. The number of nitrogens with zero attached hydrogens (tertiary/aromatic N) is 4. The first-order valence-electron chi connectivity index (χ1n) is 11.3. The Labute approximate surface area is 180 Å². The largest absolute Gasteiger partial charge is 0.298 e. The minimum absolute atomic E-state index is 0.108. The molecule has 160 valence electrons. The summed E-state index contributed by atoms with van der Waals surface area (Å²) in [7, 11) is 0. The fourth-order valence-corrected chi connectivity index (χ4v) is 4.80. The average molecular weight is 407 g/mol. The van der Waals surface area contributed by atoms with E-state index in [9.17, 15) is 4.79 Å². The normalized spacial score (nSPS) is 17.1. The summed E-state index contributed by atoms with van der Waals surface area (Å²) in [4.78, 5) is 22.8. The number of anilines is 2. The summed E-state index contributed by atoms with van der Waals surface area (Å²) in [5.41, 5.74) is 6.96. The molecule has 2 aliphatic rings. The number of allylic oxidation sites excluding steroid dienone is 1. The lowest BCUT2D eigenvalue weighted by Gasteiger charge is -2.39. The summed E-state index contributed by atoms with van der Waals surface area (Å²) >= 11 is 0. The van der Waals surface area contributed by atoms with Crippen molar-refractivity contribution < 1.29 is 0 Å². The van der Waals surface area contributed by atoms with Gasteiger partial charge in [-0.3, -0.25) is 19.2 Å². The van der Waals surface area contributed by atoms with Gasteiger partial charge in [0.15, 0.2) is 0 Å². The van der Waals surface area contributed by atoms with Gasteiger partial charge in [0, 0.05) is 23.5 Å². The molecule has 0 atom stereocenters. The molecule has 5 nitrogen and oxygen atoms in total. The van der Waals surface area contributed by atoms with Gasteiger partial charge in [0.1, 0.15) is 0 Å². The minimum atomic E-state index is 0.108. The first kappa shape index (κ1) is 20.9. The lowest BCUT2D eigenvalue weighted by atomic mass is 9.97. The van der Waals surface area contributed by atoms with Crippen LogP contribution < -0.4 is 10.5 Å². The molecule has 0 spiro atoms. The summed E-state index contributed by atoms with van der Waals surface area (Å²) in [5.74, 6) is 0.773. The van der Waals surface area contributed by atoms with E-state index in [1.54, 1.807) is 5.57 Å². The molecule has 0 radical (unpaired) electrons. The Kier molecular flexibility index (Phi) is 6.09. The zero-order valence-electron chi connectivity index (χ0n) is 18.9. The third-order valence-electron chi connectivity index (χ3n) is 6.50. The minimum Gasteiger partial charge on any atom is -0.298 e. The van der Waals surface area contributed by atoms with Gasteiger partial charge in [-0.1, -0.05) is 36.3 Å². The van der Waals surface area contributed by atoms with E-state index in [4.69, 9.17) is 4.98 Å². The van der Waals surface area contributed by atoms with E-state index in [-0.39, 0.29) is 5.56 Å². The van der Waals surface area contributed by atoms with Crippen molar-refractivity contribution in [3.63, 3.8) is 0 Å². The summed E-state index contributed by atoms with van der Waals surface area (Å²) in [6.07, 6.45) is 9.31. The maximum Gasteiger partial charge on any atom is 0.259 e. The molecule has 0 saturated heterocycles. The summed E-state index contributed by atoms with van der Waals surface area (Å²) < 4.78 is 1.88. The molecule has 1 aliphatic carbocycles. The van der Waals surface area contributed by atoms with Crippen LogP contribution >= 0.6 is 0 Å². The first-order valence-corrected chi connectivity index (χ1v) is 11.3. The SMILES string of the molecule is CCc1c(C)nc2n(c1=O)CN(CCC1=CCCCC1)CN2c1ccc(C)cc1C. The quantitative estimate of drug-likeness (QED) is 0.656. The molecule has 2 aromatic rings. The van der Waals surface area contributed by atoms with Crippen LogP contribution in [0.3, 0.4) is 0 Å². The highest BCUT2D eigenvalue weighted by Crippen LogP contribution is 2.31. The molecule has 0 unspecified atom stereocenters. The van der Waals surface area contributed by atoms with Crippen LogP contribution in [-0.4, -0.2) is 27.7 Å². The maximum absolute atomic E-state index is 13.3. The number of benzene rings is 1. The van der Waals surface area contributed by atoms with Crippen LogP contribution in [0.5, 0.6) is 0 Å². The van der Waals surface area contributed by atoms with E-state index in [0.29, 0.717) is 13.1 Å². The number of hydrogen-bond donors (Lipinski definition) is 0. The Bertz CT molecular complexity index is 1020. The first-order chi connectivity index (χ1) is 14.5. The Balaban J connectivity index is 1.71. The van der Waals surface area contributed by atoms with Crippen LogP contribution in [-0.2, 0) is 13.1 Å². The number of hydrogen-bond acceptors (Lipinski definition) is 4. The maximum atomic E-state index is 13.3. The van der Waals surface area contributed by atoms with E-state index >= 15 is 0 Å². The van der Waals surface area contributed by atoms with Gasteiger partial charge in [-0.2, -0.15) is 0 Å². The van der Waals surface area contributed by atoms with E-state index < -0.39 is 0 Å². The van der Waals surface area contributed by atoms with Crippen LogP contribution in [0.1, 0.15) is 61.4 Å². The smallest absolute Gasteiger partial charge is 0.259 e. The van der Waals surface area contributed by atoms with Gasteiger partial charge in [0.2, 0.25) is 5.95 Å². The molecule has 1 aliphatic heterocycles. The molecule has 5 heteroatoms. The third kappa shape index (κ3) is 4.08. The van der Waals surface area contributed by atoms with Crippen molar-refractivity contribution in [1.82, 2.24) is 14.5 Å². The second-order valence-electron chi connectivity index (χ2n) is 8.82. The van der Waals surface area contributed by atoms with Gasteiger partial charge in [-0.15, -0.1) is 0 Å². The Morgan fingerprint density at radius 1 is 1.10 bits per heavy atom. The molecule has 0 N–H and O–H groups in total. The Morgan fingerprint density at radius 3 is 2.63 bits per heavy atom. The van der Waals surface area contributed by atoms with Gasteiger partial charge in [0.05, 0.1) is 13.3 Å². The molecule has 0 fully saturated rings. The topological polar surface area (TPSA) is 41.4 Å². The monoisotopic (exact) mass is 406 g/mol. The number of rotatable bonds is 5. The van der Waals surface area contributed by atoms with E-state index in [1.807, 2.05) is 18.4 Å². The van der Waals surface area contributed by atoms with Crippen molar-refractivity contribution >= 4 is 11.6 Å². The number of aryl methyl sites for hydroxylation is 3. The predicted molar refractivity (Wildman–Crippen MR) is 123 cm³/mol. The van der Waals surface area contributed by atoms with Gasteiger partial charge >= 0.3 is 0 Å². The number of fused-ring (bicyclic) bond motifs is 1. The lowest BCUT2D eigenvalue weighted by Crippen LogP contribution is -2.48. The van der Waals surface area contributed by atoms with Crippen LogP contribution in [0.4, 0.5) is 11.6 Å². The summed E-state index contributed by atoms with van der Waals surface area (Å²) in [5, 5.41) is 0. The zero-order valence-corrected chi connectivity index (χ0v) is 18.9. The molecule has 0 saturated carbocycles. The van der Waals surface area contributed by atoms with Gasteiger partial charge in [0.25, 0.3) is 5.56 Å². The highest BCUT2D eigenvalue weighted by molar-refractivity contribution is 5.63. The highest BCUT2D eigenvalue weighted by Gasteiger charge is 2.28. The molecule has 2 heterocycles. The lowest BCUT2D eigenvalue weighted by molar-refractivity contribution is 0.199. The van der Waals surface area contributed by atoms with Gasteiger partial charge in [-0.05, 0) is 70.9 Å². The van der Waals surface area contributed by atoms with Crippen molar-refractivity contribution in [2.75, 3.05) is 18.1 Å². The predicted octanol–water partition coefficient (Wildman–Crippen LogP) is 4.99. The van der Waals surface area contributed by atoms with Crippen LogP contribution in [0.25, 0.3) is 0 Å². The summed E-state index contributed by atoms with van der Waals surface area (Å²) in [6, 6.07) is 6.51. The fourth-order valence-electron chi connectivity index (χ4n) is 4.80. The van der Waals surface area contributed by atoms with Crippen molar-refractivity contribution in [3.8, 4) is 0 Å².